The standard InChI is InChI=1S/C11H21N3O2/c1-12-5-7-13(8-6-12)3-2-4-14-9-10-16-11(14)15/h2-10H2,1H3. The zero-order valence-corrected chi connectivity index (χ0v) is 10.0. The molecule has 0 spiro atoms. The van der Waals surface area contributed by atoms with Crippen molar-refractivity contribution in [2.75, 3.05) is 59.5 Å². The van der Waals surface area contributed by atoms with Gasteiger partial charge in [-0.3, -0.25) is 0 Å². The molecule has 0 radical (unpaired) electrons. The Morgan fingerprint density at radius 3 is 2.50 bits per heavy atom. The summed E-state index contributed by atoms with van der Waals surface area (Å²) in [5.41, 5.74) is 0. The Labute approximate surface area is 96.9 Å². The quantitative estimate of drug-likeness (QED) is 0.681. The number of rotatable bonds is 4. The van der Waals surface area contributed by atoms with E-state index < -0.39 is 0 Å². The lowest BCUT2D eigenvalue weighted by Gasteiger charge is -2.32. The monoisotopic (exact) mass is 227 g/mol. The van der Waals surface area contributed by atoms with Crippen LogP contribution in [0.15, 0.2) is 0 Å². The number of piperazine rings is 1. The first kappa shape index (κ1) is 11.7. The van der Waals surface area contributed by atoms with Gasteiger partial charge in [-0.15, -0.1) is 0 Å². The Hall–Kier alpha value is -0.810. The lowest BCUT2D eigenvalue weighted by atomic mass is 10.3. The molecule has 5 heteroatoms. The summed E-state index contributed by atoms with van der Waals surface area (Å²) in [5, 5.41) is 0. The molecule has 0 aliphatic carbocycles. The van der Waals surface area contributed by atoms with Gasteiger partial charge >= 0.3 is 6.09 Å². The molecule has 0 N–H and O–H groups in total. The van der Waals surface area contributed by atoms with E-state index in [4.69, 9.17) is 4.74 Å². The highest BCUT2D eigenvalue weighted by Crippen LogP contribution is 2.05. The number of amides is 1. The highest BCUT2D eigenvalue weighted by molar-refractivity contribution is 5.69. The number of carbonyl (C=O) groups is 1. The molecule has 5 nitrogen and oxygen atoms in total. The van der Waals surface area contributed by atoms with Gasteiger partial charge < -0.3 is 19.4 Å². The molecule has 0 atom stereocenters. The van der Waals surface area contributed by atoms with E-state index in [1.165, 1.54) is 0 Å². The van der Waals surface area contributed by atoms with Crippen LogP contribution in [0.25, 0.3) is 0 Å². The fraction of sp³-hybridized carbons (Fsp3) is 0.909. The van der Waals surface area contributed by atoms with Crippen LogP contribution in [0, 0.1) is 0 Å². The van der Waals surface area contributed by atoms with E-state index in [1.54, 1.807) is 4.90 Å². The third kappa shape index (κ3) is 3.09. The average molecular weight is 227 g/mol. The van der Waals surface area contributed by atoms with Crippen LogP contribution in [-0.4, -0.2) is 80.3 Å². The molecule has 2 aliphatic rings. The van der Waals surface area contributed by atoms with Crippen molar-refractivity contribution in [3.63, 3.8) is 0 Å². The van der Waals surface area contributed by atoms with Crippen LogP contribution < -0.4 is 0 Å². The minimum absolute atomic E-state index is 0.140. The predicted octanol–water partition coefficient (Wildman–Crippen LogP) is 0.0761. The second kappa shape index (κ2) is 5.50. The highest BCUT2D eigenvalue weighted by Gasteiger charge is 2.21. The van der Waals surface area contributed by atoms with Crippen LogP contribution in [-0.2, 0) is 4.74 Å². The van der Waals surface area contributed by atoms with Gasteiger partial charge in [-0.1, -0.05) is 0 Å². The Morgan fingerprint density at radius 2 is 1.88 bits per heavy atom. The normalized spacial score (nSPS) is 23.8. The maximum Gasteiger partial charge on any atom is 0.409 e. The summed E-state index contributed by atoms with van der Waals surface area (Å²) in [4.78, 5) is 17.8. The maximum absolute atomic E-state index is 11.2. The largest absolute Gasteiger partial charge is 0.448 e. The molecule has 92 valence electrons. The number of carbonyl (C=O) groups excluding carboxylic acids is 1. The minimum Gasteiger partial charge on any atom is -0.448 e. The van der Waals surface area contributed by atoms with Gasteiger partial charge in [0.15, 0.2) is 0 Å². The van der Waals surface area contributed by atoms with Crippen LogP contribution in [0.4, 0.5) is 4.79 Å². The Kier molecular flexibility index (Phi) is 4.01. The second-order valence-corrected chi connectivity index (χ2v) is 4.60. The Bertz CT molecular complexity index is 239. The van der Waals surface area contributed by atoms with Crippen molar-refractivity contribution in [1.29, 1.82) is 0 Å². The van der Waals surface area contributed by atoms with Crippen LogP contribution in [0.3, 0.4) is 0 Å². The van der Waals surface area contributed by atoms with Crippen LogP contribution in [0.2, 0.25) is 0 Å². The van der Waals surface area contributed by atoms with Crippen molar-refractivity contribution in [2.45, 2.75) is 6.42 Å². The zero-order valence-electron chi connectivity index (χ0n) is 10.0. The SMILES string of the molecule is CN1CCN(CCCN2CCOC2=O)CC1. The first-order valence-electron chi connectivity index (χ1n) is 6.08. The van der Waals surface area contributed by atoms with Gasteiger partial charge in [0.25, 0.3) is 0 Å². The molecular formula is C11H21N3O2. The van der Waals surface area contributed by atoms with Gasteiger partial charge in [-0.2, -0.15) is 0 Å². The van der Waals surface area contributed by atoms with E-state index in [9.17, 15) is 4.79 Å². The van der Waals surface area contributed by atoms with Crippen molar-refractivity contribution < 1.29 is 9.53 Å². The predicted molar refractivity (Wildman–Crippen MR) is 61.5 cm³/mol. The maximum atomic E-state index is 11.2. The van der Waals surface area contributed by atoms with Crippen LogP contribution in [0.1, 0.15) is 6.42 Å². The highest BCUT2D eigenvalue weighted by atomic mass is 16.6. The van der Waals surface area contributed by atoms with E-state index in [0.29, 0.717) is 6.61 Å². The third-order valence-electron chi connectivity index (χ3n) is 3.34. The van der Waals surface area contributed by atoms with Gasteiger partial charge in [0.2, 0.25) is 0 Å². The molecule has 0 bridgehead atoms. The van der Waals surface area contributed by atoms with Crippen molar-refractivity contribution in [1.82, 2.24) is 14.7 Å². The Morgan fingerprint density at radius 1 is 1.12 bits per heavy atom. The number of cyclic esters (lactones) is 1. The molecule has 2 rings (SSSR count). The fourth-order valence-electron chi connectivity index (χ4n) is 2.19. The first-order valence-corrected chi connectivity index (χ1v) is 6.08. The average Bonchev–Trinajstić information content (AvgIpc) is 2.68. The van der Waals surface area contributed by atoms with E-state index in [0.717, 1.165) is 52.2 Å². The van der Waals surface area contributed by atoms with Gasteiger partial charge in [0.1, 0.15) is 6.61 Å². The van der Waals surface area contributed by atoms with E-state index in [2.05, 4.69) is 16.8 Å². The lowest BCUT2D eigenvalue weighted by Crippen LogP contribution is -2.45. The summed E-state index contributed by atoms with van der Waals surface area (Å²) in [6.45, 7) is 7.89. The molecule has 0 unspecified atom stereocenters. The number of ether oxygens (including phenoxy) is 1. The van der Waals surface area contributed by atoms with Crippen molar-refractivity contribution in [3.8, 4) is 0 Å². The summed E-state index contributed by atoms with van der Waals surface area (Å²) in [7, 11) is 2.16. The summed E-state index contributed by atoms with van der Waals surface area (Å²) in [6, 6.07) is 0. The van der Waals surface area contributed by atoms with E-state index >= 15 is 0 Å². The second-order valence-electron chi connectivity index (χ2n) is 4.60. The fourth-order valence-corrected chi connectivity index (χ4v) is 2.19. The lowest BCUT2D eigenvalue weighted by molar-refractivity contribution is 0.143. The molecule has 2 aliphatic heterocycles. The molecular weight excluding hydrogens is 206 g/mol. The number of hydrogen-bond acceptors (Lipinski definition) is 4. The Balaban J connectivity index is 1.59. The minimum atomic E-state index is -0.140. The molecule has 0 saturated carbocycles. The number of likely N-dealkylation sites (N-methyl/N-ethyl adjacent to an activating group) is 1. The van der Waals surface area contributed by atoms with E-state index in [1.807, 2.05) is 0 Å². The van der Waals surface area contributed by atoms with Gasteiger partial charge in [-0.25, -0.2) is 4.79 Å². The van der Waals surface area contributed by atoms with Gasteiger partial charge in [-0.05, 0) is 20.0 Å². The first-order chi connectivity index (χ1) is 7.75. The molecule has 2 heterocycles. The van der Waals surface area contributed by atoms with Crippen LogP contribution in [0.5, 0.6) is 0 Å². The van der Waals surface area contributed by atoms with E-state index in [-0.39, 0.29) is 6.09 Å². The third-order valence-corrected chi connectivity index (χ3v) is 3.34. The molecule has 16 heavy (non-hydrogen) atoms. The smallest absolute Gasteiger partial charge is 0.409 e. The number of hydrogen-bond donors (Lipinski definition) is 0. The van der Waals surface area contributed by atoms with Crippen LogP contribution >= 0.6 is 0 Å². The molecule has 0 aromatic rings. The summed E-state index contributed by atoms with van der Waals surface area (Å²) in [6.07, 6.45) is 0.914. The van der Waals surface area contributed by atoms with Crippen molar-refractivity contribution >= 4 is 6.09 Å². The summed E-state index contributed by atoms with van der Waals surface area (Å²) < 4.78 is 4.89. The van der Waals surface area contributed by atoms with Gasteiger partial charge in [0.05, 0.1) is 6.54 Å². The molecule has 0 aromatic carbocycles. The summed E-state index contributed by atoms with van der Waals surface area (Å²) in [5.74, 6) is 0. The molecule has 0 aromatic heterocycles. The topological polar surface area (TPSA) is 36.0 Å². The van der Waals surface area contributed by atoms with Crippen molar-refractivity contribution in [2.24, 2.45) is 0 Å². The molecule has 2 saturated heterocycles. The molecule has 2 fully saturated rings. The van der Waals surface area contributed by atoms with Crippen molar-refractivity contribution in [3.05, 3.63) is 0 Å². The van der Waals surface area contributed by atoms with Gasteiger partial charge in [0, 0.05) is 32.7 Å². The summed E-state index contributed by atoms with van der Waals surface area (Å²) >= 11 is 0. The zero-order chi connectivity index (χ0) is 11.4. The molecule has 1 amide bonds. The number of nitrogens with zero attached hydrogens (tertiary/aromatic N) is 3.